The summed E-state index contributed by atoms with van der Waals surface area (Å²) in [5, 5.41) is 3.01. The van der Waals surface area contributed by atoms with Gasteiger partial charge in [-0.2, -0.15) is 0 Å². The molecule has 0 fully saturated rings. The summed E-state index contributed by atoms with van der Waals surface area (Å²) in [4.78, 5) is 13.0. The minimum Gasteiger partial charge on any atom is -0.347 e. The van der Waals surface area contributed by atoms with Gasteiger partial charge in [0.05, 0.1) is 18.0 Å². The molecule has 0 bridgehead atoms. The van der Waals surface area contributed by atoms with Crippen molar-refractivity contribution in [2.24, 2.45) is 0 Å². The van der Waals surface area contributed by atoms with E-state index in [9.17, 15) is 13.2 Å². The maximum atomic E-state index is 13.0. The summed E-state index contributed by atoms with van der Waals surface area (Å²) in [7, 11) is -3.64. The minimum atomic E-state index is -3.64. The predicted molar refractivity (Wildman–Crippen MR) is 115 cm³/mol. The second-order valence-electron chi connectivity index (χ2n) is 7.46. The Morgan fingerprint density at radius 2 is 1.54 bits per heavy atom. The molecule has 2 atom stereocenters. The number of hydrogen-bond acceptors (Lipinski definition) is 3. The van der Waals surface area contributed by atoms with Gasteiger partial charge in [0.1, 0.15) is 6.04 Å². The third-order valence-corrected chi connectivity index (χ3v) is 6.00. The molecule has 1 N–H and O–H groups in total. The van der Waals surface area contributed by atoms with Crippen LogP contribution in [0.3, 0.4) is 0 Å². The molecular formula is C22H30N2O3S. The fourth-order valence-corrected chi connectivity index (χ4v) is 4.56. The van der Waals surface area contributed by atoms with Gasteiger partial charge in [0.25, 0.3) is 0 Å². The summed E-state index contributed by atoms with van der Waals surface area (Å²) in [5.41, 5.74) is 4.55. The standard InChI is InChI=1S/C22H30N2O3S/c1-7-21(19-10-8-15(2)9-11-19)23-22(25)18(5)24(28(6,26)27)20-13-16(3)12-17(4)14-20/h8-14,18,21H,7H2,1-6H3,(H,23,25)/t18-,21+/m1/s1. The van der Waals surface area contributed by atoms with Crippen molar-refractivity contribution >= 4 is 21.6 Å². The van der Waals surface area contributed by atoms with Gasteiger partial charge in [-0.1, -0.05) is 42.8 Å². The molecule has 2 aromatic rings. The van der Waals surface area contributed by atoms with E-state index in [2.05, 4.69) is 5.32 Å². The van der Waals surface area contributed by atoms with E-state index in [4.69, 9.17) is 0 Å². The molecule has 5 nitrogen and oxygen atoms in total. The van der Waals surface area contributed by atoms with E-state index in [-0.39, 0.29) is 11.9 Å². The zero-order chi connectivity index (χ0) is 21.1. The van der Waals surface area contributed by atoms with Gasteiger partial charge in [-0.25, -0.2) is 8.42 Å². The molecule has 1 amide bonds. The monoisotopic (exact) mass is 402 g/mol. The number of carbonyl (C=O) groups is 1. The lowest BCUT2D eigenvalue weighted by molar-refractivity contribution is -0.122. The third kappa shape index (κ3) is 5.35. The summed E-state index contributed by atoms with van der Waals surface area (Å²) in [6.07, 6.45) is 1.84. The molecule has 0 aliphatic rings. The second-order valence-corrected chi connectivity index (χ2v) is 9.32. The lowest BCUT2D eigenvalue weighted by Crippen LogP contribution is -2.48. The first kappa shape index (κ1) is 22.0. The molecule has 0 aromatic heterocycles. The number of amides is 1. The van der Waals surface area contributed by atoms with Crippen molar-refractivity contribution in [3.05, 3.63) is 64.7 Å². The summed E-state index contributed by atoms with van der Waals surface area (Å²) >= 11 is 0. The molecule has 28 heavy (non-hydrogen) atoms. The molecule has 0 spiro atoms. The van der Waals surface area contributed by atoms with Gasteiger partial charge < -0.3 is 5.32 Å². The molecule has 2 aromatic carbocycles. The van der Waals surface area contributed by atoms with Crippen LogP contribution in [0.15, 0.2) is 42.5 Å². The van der Waals surface area contributed by atoms with Crippen molar-refractivity contribution in [2.75, 3.05) is 10.6 Å². The number of aryl methyl sites for hydroxylation is 3. The predicted octanol–water partition coefficient (Wildman–Crippen LogP) is 4.03. The summed E-state index contributed by atoms with van der Waals surface area (Å²) < 4.78 is 26.2. The third-order valence-electron chi connectivity index (χ3n) is 4.75. The van der Waals surface area contributed by atoms with Gasteiger partial charge in [-0.05, 0) is 62.9 Å². The van der Waals surface area contributed by atoms with Crippen molar-refractivity contribution < 1.29 is 13.2 Å². The highest BCUT2D eigenvalue weighted by Crippen LogP contribution is 2.25. The van der Waals surface area contributed by atoms with Gasteiger partial charge in [-0.15, -0.1) is 0 Å². The Morgan fingerprint density at radius 3 is 2.00 bits per heavy atom. The number of nitrogens with zero attached hydrogens (tertiary/aromatic N) is 1. The fourth-order valence-electron chi connectivity index (χ4n) is 3.40. The highest BCUT2D eigenvalue weighted by atomic mass is 32.2. The molecule has 6 heteroatoms. The first-order chi connectivity index (χ1) is 13.0. The molecule has 0 unspecified atom stereocenters. The molecule has 0 aliphatic carbocycles. The first-order valence-corrected chi connectivity index (χ1v) is 11.3. The van der Waals surface area contributed by atoms with Gasteiger partial charge in [0, 0.05) is 0 Å². The molecule has 152 valence electrons. The number of sulfonamides is 1. The van der Waals surface area contributed by atoms with Crippen LogP contribution in [0.2, 0.25) is 0 Å². The van der Waals surface area contributed by atoms with E-state index >= 15 is 0 Å². The Hall–Kier alpha value is -2.34. The first-order valence-electron chi connectivity index (χ1n) is 9.47. The van der Waals surface area contributed by atoms with Gasteiger partial charge in [0.2, 0.25) is 15.9 Å². The number of rotatable bonds is 7. The van der Waals surface area contributed by atoms with Crippen LogP contribution in [0, 0.1) is 20.8 Å². The van der Waals surface area contributed by atoms with Crippen LogP contribution >= 0.6 is 0 Å². The van der Waals surface area contributed by atoms with Crippen LogP contribution in [0.5, 0.6) is 0 Å². The Bertz CT molecular complexity index is 917. The summed E-state index contributed by atoms with van der Waals surface area (Å²) in [5.74, 6) is -0.322. The average Bonchev–Trinajstić information content (AvgIpc) is 2.58. The van der Waals surface area contributed by atoms with Crippen molar-refractivity contribution in [3.8, 4) is 0 Å². The number of hydrogen-bond donors (Lipinski definition) is 1. The van der Waals surface area contributed by atoms with Crippen LogP contribution in [0.25, 0.3) is 0 Å². The lowest BCUT2D eigenvalue weighted by atomic mass is 10.0. The maximum Gasteiger partial charge on any atom is 0.244 e. The molecule has 0 aliphatic heterocycles. The Balaban J connectivity index is 2.31. The van der Waals surface area contributed by atoms with Gasteiger partial charge in [-0.3, -0.25) is 9.10 Å². The van der Waals surface area contributed by atoms with E-state index < -0.39 is 16.1 Å². The minimum absolute atomic E-state index is 0.170. The van der Waals surface area contributed by atoms with Gasteiger partial charge >= 0.3 is 0 Å². The van der Waals surface area contributed by atoms with E-state index in [0.29, 0.717) is 12.1 Å². The lowest BCUT2D eigenvalue weighted by Gasteiger charge is -2.30. The van der Waals surface area contributed by atoms with Crippen molar-refractivity contribution in [3.63, 3.8) is 0 Å². The second kappa shape index (κ2) is 8.78. The van der Waals surface area contributed by atoms with Gasteiger partial charge in [0.15, 0.2) is 0 Å². The number of nitrogens with one attached hydrogen (secondary N) is 1. The summed E-state index contributed by atoms with van der Waals surface area (Å²) in [6, 6.07) is 12.5. The molecule has 0 radical (unpaired) electrons. The molecule has 0 heterocycles. The molecule has 2 rings (SSSR count). The van der Waals surface area contributed by atoms with Crippen molar-refractivity contribution in [2.45, 2.75) is 53.1 Å². The van der Waals surface area contributed by atoms with Crippen LogP contribution in [-0.4, -0.2) is 26.6 Å². The fraction of sp³-hybridized carbons (Fsp3) is 0.409. The van der Waals surface area contributed by atoms with Crippen LogP contribution in [0.4, 0.5) is 5.69 Å². The van der Waals surface area contributed by atoms with E-state index in [0.717, 1.165) is 28.5 Å². The molecular weight excluding hydrogens is 372 g/mol. The Labute approximate surface area is 168 Å². The molecule has 0 saturated heterocycles. The number of benzene rings is 2. The topological polar surface area (TPSA) is 66.5 Å². The van der Waals surface area contributed by atoms with Crippen molar-refractivity contribution in [1.82, 2.24) is 5.32 Å². The number of carbonyl (C=O) groups excluding carboxylic acids is 1. The van der Waals surface area contributed by atoms with Crippen molar-refractivity contribution in [1.29, 1.82) is 0 Å². The van der Waals surface area contributed by atoms with E-state index in [1.165, 1.54) is 4.31 Å². The van der Waals surface area contributed by atoms with E-state index in [1.807, 2.05) is 58.0 Å². The largest absolute Gasteiger partial charge is 0.347 e. The SMILES string of the molecule is CC[C@H](NC(=O)[C@@H](C)N(c1cc(C)cc(C)c1)S(C)(=O)=O)c1ccc(C)cc1. The number of anilines is 1. The average molecular weight is 403 g/mol. The highest BCUT2D eigenvalue weighted by Gasteiger charge is 2.30. The quantitative estimate of drug-likeness (QED) is 0.760. The zero-order valence-electron chi connectivity index (χ0n) is 17.5. The smallest absolute Gasteiger partial charge is 0.244 e. The Kier molecular flexibility index (Phi) is 6.88. The maximum absolute atomic E-state index is 13.0. The normalized spacial score (nSPS) is 13.6. The Morgan fingerprint density at radius 1 is 1.00 bits per heavy atom. The van der Waals surface area contributed by atoms with Crippen LogP contribution < -0.4 is 9.62 Å². The van der Waals surface area contributed by atoms with E-state index in [1.54, 1.807) is 19.1 Å². The zero-order valence-corrected chi connectivity index (χ0v) is 18.3. The summed E-state index contributed by atoms with van der Waals surface area (Å²) in [6.45, 7) is 9.45. The highest BCUT2D eigenvalue weighted by molar-refractivity contribution is 7.92. The van der Waals surface area contributed by atoms with Crippen LogP contribution in [-0.2, 0) is 14.8 Å². The van der Waals surface area contributed by atoms with Crippen LogP contribution in [0.1, 0.15) is 48.6 Å². The molecule has 0 saturated carbocycles.